The second-order valence-corrected chi connectivity index (χ2v) is 15.9. The molecule has 4 aromatic heterocycles. The maximum absolute atomic E-state index is 5.17. The summed E-state index contributed by atoms with van der Waals surface area (Å²) in [4.78, 5) is 22.5. The highest BCUT2D eigenvalue weighted by Crippen LogP contribution is 2.41. The predicted octanol–water partition coefficient (Wildman–Crippen LogP) is 14.0. The lowest BCUT2D eigenvalue weighted by atomic mass is 9.98. The number of rotatable bonds is 6. The number of benzene rings is 7. The molecule has 262 valence electrons. The van der Waals surface area contributed by atoms with Gasteiger partial charge in [-0.3, -0.25) is 0 Å². The number of thiophene rings is 2. The summed E-state index contributed by atoms with van der Waals surface area (Å²) in [5, 5.41) is 4.62. The van der Waals surface area contributed by atoms with E-state index in [1.807, 2.05) is 24.3 Å². The van der Waals surface area contributed by atoms with Crippen LogP contribution in [0.1, 0.15) is 0 Å². The van der Waals surface area contributed by atoms with Gasteiger partial charge in [0.2, 0.25) is 0 Å². The molecule has 0 unspecified atom stereocenters. The van der Waals surface area contributed by atoms with Crippen molar-refractivity contribution < 1.29 is 0 Å². The van der Waals surface area contributed by atoms with Crippen molar-refractivity contribution in [3.8, 4) is 67.5 Å². The number of hydrogen-bond acceptors (Lipinski definition) is 6. The molecule has 0 saturated heterocycles. The van der Waals surface area contributed by atoms with Gasteiger partial charge < -0.3 is 0 Å². The van der Waals surface area contributed by atoms with E-state index >= 15 is 0 Å². The zero-order valence-corrected chi connectivity index (χ0v) is 31.6. The molecule has 0 bridgehead atoms. The first-order valence-corrected chi connectivity index (χ1v) is 20.2. The highest BCUT2D eigenvalue weighted by atomic mass is 32.1. The van der Waals surface area contributed by atoms with Crippen LogP contribution in [0, 0.1) is 0 Å². The summed E-state index contributed by atoms with van der Waals surface area (Å²) in [5.41, 5.74) is 10.7. The van der Waals surface area contributed by atoms with Crippen LogP contribution in [-0.2, 0) is 0 Å². The largest absolute Gasteiger partial charge is 0.227 e. The van der Waals surface area contributed by atoms with Crippen molar-refractivity contribution in [3.63, 3.8) is 0 Å². The van der Waals surface area contributed by atoms with Crippen molar-refractivity contribution in [2.75, 3.05) is 0 Å². The molecule has 0 radical (unpaired) electrons. The topological polar surface area (TPSA) is 51.6 Å². The summed E-state index contributed by atoms with van der Waals surface area (Å²) >= 11 is 3.44. The maximum atomic E-state index is 5.17. The van der Waals surface area contributed by atoms with Crippen LogP contribution < -0.4 is 0 Å². The van der Waals surface area contributed by atoms with E-state index in [4.69, 9.17) is 19.9 Å². The third-order valence-corrected chi connectivity index (χ3v) is 12.5. The lowest BCUT2D eigenvalue weighted by molar-refractivity contribution is 1.24. The standard InChI is InChI=1S/C50H30N4S2/c1-3-11-35(12-4-1)45-43-39-15-7-9-17-41(39)55-49(43)54-48(51-45)38-29-25-34(26-30-38)32-21-19-31(20-22-32)33-23-27-36(28-24-33)46-44-40-16-8-10-18-42(40)56-50(44)53-47(52-46)37-13-5-2-6-14-37/h1-30H. The summed E-state index contributed by atoms with van der Waals surface area (Å²) in [6, 6.07) is 63.8. The zero-order chi connectivity index (χ0) is 37.0. The van der Waals surface area contributed by atoms with Crippen LogP contribution in [0.3, 0.4) is 0 Å². The molecule has 0 aliphatic rings. The monoisotopic (exact) mass is 750 g/mol. The van der Waals surface area contributed by atoms with Gasteiger partial charge in [0, 0.05) is 53.2 Å². The first kappa shape index (κ1) is 32.6. The van der Waals surface area contributed by atoms with E-state index in [-0.39, 0.29) is 0 Å². The molecule has 4 nitrogen and oxygen atoms in total. The molecule has 4 heterocycles. The minimum Gasteiger partial charge on any atom is -0.227 e. The molecule has 0 atom stereocenters. The third-order valence-electron chi connectivity index (χ3n) is 10.4. The summed E-state index contributed by atoms with van der Waals surface area (Å²) < 4.78 is 2.44. The number of nitrogens with zero attached hydrogens (tertiary/aromatic N) is 4. The van der Waals surface area contributed by atoms with Crippen LogP contribution >= 0.6 is 22.7 Å². The second-order valence-electron chi connectivity index (χ2n) is 13.8. The minimum absolute atomic E-state index is 0.736. The van der Waals surface area contributed by atoms with E-state index in [1.165, 1.54) is 20.2 Å². The smallest absolute Gasteiger partial charge is 0.161 e. The van der Waals surface area contributed by atoms with Gasteiger partial charge in [-0.2, -0.15) is 0 Å². The molecule has 11 rings (SSSR count). The maximum Gasteiger partial charge on any atom is 0.161 e. The van der Waals surface area contributed by atoms with Crippen molar-refractivity contribution in [2.45, 2.75) is 0 Å². The molecule has 0 saturated carbocycles. The summed E-state index contributed by atoms with van der Waals surface area (Å²) in [7, 11) is 0. The summed E-state index contributed by atoms with van der Waals surface area (Å²) in [6.07, 6.45) is 0. The Labute approximate surface area is 331 Å². The molecule has 0 spiro atoms. The van der Waals surface area contributed by atoms with Gasteiger partial charge in [-0.1, -0.05) is 170 Å². The van der Waals surface area contributed by atoms with Crippen molar-refractivity contribution in [2.24, 2.45) is 0 Å². The quantitative estimate of drug-likeness (QED) is 0.170. The van der Waals surface area contributed by atoms with Crippen molar-refractivity contribution in [1.82, 2.24) is 19.9 Å². The molecule has 6 heteroatoms. The lowest BCUT2D eigenvalue weighted by Crippen LogP contribution is -1.93. The van der Waals surface area contributed by atoms with Crippen molar-refractivity contribution in [3.05, 3.63) is 182 Å². The van der Waals surface area contributed by atoms with Crippen LogP contribution in [-0.4, -0.2) is 19.9 Å². The SMILES string of the molecule is c1ccc(-c2nc(-c3ccc(-c4ccc(-c5ccc(-c6nc(-c7ccccc7)c7c(n6)sc6ccccc67)cc5)cc4)cc3)c3c(n2)sc2ccccc23)cc1. The molecule has 0 amide bonds. The molecular weight excluding hydrogens is 721 g/mol. The second kappa shape index (κ2) is 13.5. The van der Waals surface area contributed by atoms with Gasteiger partial charge in [0.1, 0.15) is 9.66 Å². The third kappa shape index (κ3) is 5.66. The van der Waals surface area contributed by atoms with E-state index in [9.17, 15) is 0 Å². The van der Waals surface area contributed by atoms with Gasteiger partial charge in [0.25, 0.3) is 0 Å². The average Bonchev–Trinajstić information content (AvgIpc) is 3.85. The normalized spacial score (nSPS) is 11.6. The minimum atomic E-state index is 0.736. The highest BCUT2D eigenvalue weighted by molar-refractivity contribution is 7.26. The first-order valence-electron chi connectivity index (χ1n) is 18.5. The fourth-order valence-electron chi connectivity index (χ4n) is 7.59. The van der Waals surface area contributed by atoms with Gasteiger partial charge in [0.05, 0.1) is 11.4 Å². The van der Waals surface area contributed by atoms with Gasteiger partial charge in [-0.25, -0.2) is 19.9 Å². The Morgan fingerprint density at radius 1 is 0.268 bits per heavy atom. The Morgan fingerprint density at radius 3 is 1.04 bits per heavy atom. The Balaban J connectivity index is 0.895. The first-order chi connectivity index (χ1) is 27.7. The molecule has 0 aliphatic heterocycles. The average molecular weight is 751 g/mol. The molecule has 7 aromatic carbocycles. The van der Waals surface area contributed by atoms with Gasteiger partial charge in [-0.05, 0) is 34.4 Å². The fraction of sp³-hybridized carbons (Fsp3) is 0. The summed E-state index contributed by atoms with van der Waals surface area (Å²) in [5.74, 6) is 1.48. The van der Waals surface area contributed by atoms with Crippen LogP contribution in [0.2, 0.25) is 0 Å². The van der Waals surface area contributed by atoms with E-state index < -0.39 is 0 Å². The number of hydrogen-bond donors (Lipinski definition) is 0. The Hall–Kier alpha value is -6.86. The molecule has 0 fully saturated rings. The number of aromatic nitrogens is 4. The van der Waals surface area contributed by atoms with E-state index in [0.717, 1.165) is 88.0 Å². The number of fused-ring (bicyclic) bond motifs is 6. The van der Waals surface area contributed by atoms with Gasteiger partial charge >= 0.3 is 0 Å². The van der Waals surface area contributed by atoms with Crippen LogP contribution in [0.15, 0.2) is 182 Å². The molecule has 11 aromatic rings. The van der Waals surface area contributed by atoms with Crippen LogP contribution in [0.25, 0.3) is 108 Å². The Bertz CT molecular complexity index is 3210. The molecule has 0 N–H and O–H groups in total. The van der Waals surface area contributed by atoms with E-state index in [1.54, 1.807) is 22.7 Å². The molecular formula is C50H30N4S2. The molecule has 56 heavy (non-hydrogen) atoms. The van der Waals surface area contributed by atoms with Crippen LogP contribution in [0.5, 0.6) is 0 Å². The Kier molecular flexibility index (Phi) is 7.83. The lowest BCUT2D eigenvalue weighted by Gasteiger charge is -2.10. The van der Waals surface area contributed by atoms with E-state index in [0.29, 0.717) is 0 Å². The predicted molar refractivity (Wildman–Crippen MR) is 236 cm³/mol. The van der Waals surface area contributed by atoms with Gasteiger partial charge in [-0.15, -0.1) is 22.7 Å². The molecule has 0 aliphatic carbocycles. The van der Waals surface area contributed by atoms with Crippen molar-refractivity contribution in [1.29, 1.82) is 0 Å². The zero-order valence-electron chi connectivity index (χ0n) is 29.9. The van der Waals surface area contributed by atoms with Crippen molar-refractivity contribution >= 4 is 63.3 Å². The van der Waals surface area contributed by atoms with Gasteiger partial charge in [0.15, 0.2) is 11.6 Å². The Morgan fingerprint density at radius 2 is 0.589 bits per heavy atom. The van der Waals surface area contributed by atoms with Crippen LogP contribution in [0.4, 0.5) is 0 Å². The highest BCUT2D eigenvalue weighted by Gasteiger charge is 2.18. The fourth-order valence-corrected chi connectivity index (χ4v) is 9.74. The summed E-state index contributed by atoms with van der Waals surface area (Å²) in [6.45, 7) is 0. The van der Waals surface area contributed by atoms with E-state index in [2.05, 4.69) is 158 Å².